The molecule has 1 heterocycles. The third-order valence-electron chi connectivity index (χ3n) is 3.69. The van der Waals surface area contributed by atoms with E-state index in [1.165, 1.54) is 0 Å². The number of benzene rings is 2. The number of rotatable bonds is 6. The zero-order valence-electron chi connectivity index (χ0n) is 13.9. The Morgan fingerprint density at radius 2 is 1.93 bits per heavy atom. The number of primary amides is 1. The summed E-state index contributed by atoms with van der Waals surface area (Å²) in [6.07, 6.45) is 0.430. The molecule has 1 atom stereocenters. The lowest BCUT2D eigenvalue weighted by Gasteiger charge is -2.16. The summed E-state index contributed by atoms with van der Waals surface area (Å²) in [5.41, 5.74) is 6.39. The first-order valence-corrected chi connectivity index (χ1v) is 9.32. The predicted octanol–water partition coefficient (Wildman–Crippen LogP) is 3.64. The minimum absolute atomic E-state index is 0.403. The van der Waals surface area contributed by atoms with Crippen molar-refractivity contribution in [3.63, 3.8) is 0 Å². The lowest BCUT2D eigenvalue weighted by Crippen LogP contribution is -2.28. The van der Waals surface area contributed by atoms with Gasteiger partial charge in [0, 0.05) is 17.1 Å². The number of ether oxygens (including phenoxy) is 2. The van der Waals surface area contributed by atoms with Gasteiger partial charge in [0.1, 0.15) is 5.52 Å². The van der Waals surface area contributed by atoms with E-state index in [1.54, 1.807) is 48.7 Å². The van der Waals surface area contributed by atoms with Crippen LogP contribution in [0.4, 0.5) is 0 Å². The highest BCUT2D eigenvalue weighted by Crippen LogP contribution is 2.34. The van der Waals surface area contributed by atoms with Crippen molar-refractivity contribution in [3.8, 4) is 5.75 Å². The van der Waals surface area contributed by atoms with Crippen molar-refractivity contribution < 1.29 is 19.1 Å². The van der Waals surface area contributed by atoms with E-state index >= 15 is 0 Å². The lowest BCUT2D eigenvalue weighted by atomic mass is 10.1. The number of carbonyl (C=O) groups excluding carboxylic acids is 2. The molecule has 0 aliphatic rings. The summed E-state index contributed by atoms with van der Waals surface area (Å²) in [6.45, 7) is -0.403. The number of nitrogens with two attached hydrogens (primary N) is 1. The van der Waals surface area contributed by atoms with Crippen LogP contribution in [0.1, 0.15) is 11.7 Å². The number of fused-ring (bicyclic) bond motifs is 1. The molecule has 1 unspecified atom stereocenters. The smallest absolute Gasteiger partial charge is 0.345 e. The van der Waals surface area contributed by atoms with E-state index in [4.69, 9.17) is 26.8 Å². The average Bonchev–Trinajstić information content (AvgIpc) is 2.66. The molecule has 0 saturated heterocycles. The van der Waals surface area contributed by atoms with Gasteiger partial charge in [-0.05, 0) is 40.8 Å². The molecule has 138 valence electrons. The van der Waals surface area contributed by atoms with Crippen molar-refractivity contribution in [1.82, 2.24) is 4.98 Å². The molecule has 3 aromatic rings. The highest BCUT2D eigenvalue weighted by Gasteiger charge is 2.23. The molecule has 0 spiro atoms. The van der Waals surface area contributed by atoms with Gasteiger partial charge in [-0.1, -0.05) is 41.9 Å². The van der Waals surface area contributed by atoms with Crippen LogP contribution >= 0.6 is 34.2 Å². The molecule has 2 aromatic carbocycles. The standard InChI is InChI=1S/C19H14ClIN2O4/c20-13-9-14(21)18(16-12(13)7-4-8-23-16)26-10-15(24)27-17(19(22)25)11-5-2-1-3-6-11/h1-9,17H,10H2,(H2,22,25). The number of pyridine rings is 1. The number of nitrogens with zero attached hydrogens (tertiary/aromatic N) is 1. The Morgan fingerprint density at radius 1 is 1.19 bits per heavy atom. The van der Waals surface area contributed by atoms with Crippen molar-refractivity contribution in [1.29, 1.82) is 0 Å². The van der Waals surface area contributed by atoms with Gasteiger partial charge in [0.05, 0.1) is 8.59 Å². The van der Waals surface area contributed by atoms with Gasteiger partial charge in [-0.2, -0.15) is 0 Å². The van der Waals surface area contributed by atoms with E-state index in [1.807, 2.05) is 6.07 Å². The molecule has 0 aliphatic heterocycles. The van der Waals surface area contributed by atoms with Gasteiger partial charge in [0.25, 0.3) is 5.91 Å². The molecule has 6 nitrogen and oxygen atoms in total. The van der Waals surface area contributed by atoms with Crippen molar-refractivity contribution in [3.05, 3.63) is 68.9 Å². The zero-order chi connectivity index (χ0) is 19.4. The van der Waals surface area contributed by atoms with Crippen LogP contribution in [0.25, 0.3) is 10.9 Å². The Hall–Kier alpha value is -2.39. The largest absolute Gasteiger partial charge is 0.478 e. The summed E-state index contributed by atoms with van der Waals surface area (Å²) >= 11 is 8.28. The molecule has 0 fully saturated rings. The van der Waals surface area contributed by atoms with Gasteiger partial charge in [-0.15, -0.1) is 0 Å². The Bertz CT molecular complexity index is 998. The minimum atomic E-state index is -1.18. The molecule has 1 amide bonds. The van der Waals surface area contributed by atoms with E-state index in [2.05, 4.69) is 27.6 Å². The molecular weight excluding hydrogens is 483 g/mol. The number of esters is 1. The van der Waals surface area contributed by atoms with Crippen LogP contribution in [0.15, 0.2) is 54.7 Å². The summed E-state index contributed by atoms with van der Waals surface area (Å²) in [7, 11) is 0. The first-order valence-electron chi connectivity index (χ1n) is 7.86. The van der Waals surface area contributed by atoms with Crippen molar-refractivity contribution in [2.45, 2.75) is 6.10 Å². The number of aromatic nitrogens is 1. The molecule has 0 aliphatic carbocycles. The fourth-order valence-electron chi connectivity index (χ4n) is 2.50. The first-order chi connectivity index (χ1) is 13.0. The monoisotopic (exact) mass is 496 g/mol. The van der Waals surface area contributed by atoms with E-state index in [-0.39, 0.29) is 0 Å². The van der Waals surface area contributed by atoms with Crippen LogP contribution in [0, 0.1) is 3.57 Å². The highest BCUT2D eigenvalue weighted by molar-refractivity contribution is 14.1. The summed E-state index contributed by atoms with van der Waals surface area (Å²) in [6, 6.07) is 13.8. The van der Waals surface area contributed by atoms with Crippen LogP contribution in [-0.2, 0) is 14.3 Å². The molecule has 27 heavy (non-hydrogen) atoms. The van der Waals surface area contributed by atoms with E-state index < -0.39 is 24.6 Å². The van der Waals surface area contributed by atoms with E-state index in [0.29, 0.717) is 30.8 Å². The summed E-state index contributed by atoms with van der Waals surface area (Å²) in [4.78, 5) is 28.1. The summed E-state index contributed by atoms with van der Waals surface area (Å²) in [5, 5.41) is 1.25. The highest BCUT2D eigenvalue weighted by atomic mass is 127. The molecule has 0 bridgehead atoms. The second-order valence-corrected chi connectivity index (χ2v) is 7.11. The average molecular weight is 497 g/mol. The van der Waals surface area contributed by atoms with Crippen LogP contribution in [0.5, 0.6) is 5.75 Å². The molecule has 0 radical (unpaired) electrons. The third kappa shape index (κ3) is 4.48. The fourth-order valence-corrected chi connectivity index (χ4v) is 3.67. The molecule has 2 N–H and O–H groups in total. The fraction of sp³-hybridized carbons (Fsp3) is 0.105. The van der Waals surface area contributed by atoms with Gasteiger partial charge >= 0.3 is 5.97 Å². The Kier molecular flexibility index (Phi) is 6.12. The van der Waals surface area contributed by atoms with E-state index in [0.717, 1.165) is 0 Å². The third-order valence-corrected chi connectivity index (χ3v) is 4.81. The number of hydrogen-bond acceptors (Lipinski definition) is 5. The van der Waals surface area contributed by atoms with Gasteiger partial charge in [0.2, 0.25) is 6.10 Å². The topological polar surface area (TPSA) is 91.5 Å². The quantitative estimate of drug-likeness (QED) is 0.416. The summed E-state index contributed by atoms with van der Waals surface area (Å²) in [5.74, 6) is -1.07. The molecule has 1 aromatic heterocycles. The SMILES string of the molecule is NC(=O)C(OC(=O)COc1c(I)cc(Cl)c2cccnc12)c1ccccc1. The van der Waals surface area contributed by atoms with Crippen LogP contribution in [0.3, 0.4) is 0 Å². The van der Waals surface area contributed by atoms with Crippen molar-refractivity contribution >= 4 is 57.0 Å². The molecule has 3 rings (SSSR count). The molecule has 0 saturated carbocycles. The van der Waals surface area contributed by atoms with E-state index in [9.17, 15) is 9.59 Å². The molecular formula is C19H14ClIN2O4. The first kappa shape index (κ1) is 19.4. The number of hydrogen-bond donors (Lipinski definition) is 1. The predicted molar refractivity (Wildman–Crippen MR) is 109 cm³/mol. The Balaban J connectivity index is 1.76. The zero-order valence-corrected chi connectivity index (χ0v) is 16.8. The van der Waals surface area contributed by atoms with Crippen LogP contribution in [-0.4, -0.2) is 23.5 Å². The normalized spacial score (nSPS) is 11.8. The number of amides is 1. The number of carbonyl (C=O) groups is 2. The molecule has 8 heteroatoms. The Labute approximate surface area is 173 Å². The maximum absolute atomic E-state index is 12.2. The maximum Gasteiger partial charge on any atom is 0.345 e. The lowest BCUT2D eigenvalue weighted by molar-refractivity contribution is -0.157. The van der Waals surface area contributed by atoms with Crippen molar-refractivity contribution in [2.75, 3.05) is 6.61 Å². The maximum atomic E-state index is 12.2. The van der Waals surface area contributed by atoms with Gasteiger partial charge < -0.3 is 15.2 Å². The van der Waals surface area contributed by atoms with Gasteiger partial charge in [-0.25, -0.2) is 4.79 Å². The summed E-state index contributed by atoms with van der Waals surface area (Å²) < 4.78 is 11.5. The van der Waals surface area contributed by atoms with Crippen molar-refractivity contribution in [2.24, 2.45) is 5.73 Å². The minimum Gasteiger partial charge on any atom is -0.478 e. The van der Waals surface area contributed by atoms with Gasteiger partial charge in [0.15, 0.2) is 12.4 Å². The van der Waals surface area contributed by atoms with Crippen LogP contribution in [0.2, 0.25) is 5.02 Å². The van der Waals surface area contributed by atoms with Crippen LogP contribution < -0.4 is 10.5 Å². The Morgan fingerprint density at radius 3 is 2.63 bits per heavy atom. The number of halogens is 2. The second kappa shape index (κ2) is 8.53. The van der Waals surface area contributed by atoms with Gasteiger partial charge in [-0.3, -0.25) is 9.78 Å². The second-order valence-electron chi connectivity index (χ2n) is 5.54.